The summed E-state index contributed by atoms with van der Waals surface area (Å²) in [5.41, 5.74) is -1.45. The van der Waals surface area contributed by atoms with E-state index in [0.29, 0.717) is 0 Å². The third-order valence-corrected chi connectivity index (χ3v) is 3.87. The summed E-state index contributed by atoms with van der Waals surface area (Å²) >= 11 is 4.96. The van der Waals surface area contributed by atoms with Crippen molar-refractivity contribution in [1.82, 2.24) is 5.32 Å². The molecule has 1 aromatic heterocycles. The van der Waals surface area contributed by atoms with Gasteiger partial charge in [-0.2, -0.15) is 13.2 Å². The molecule has 2 aromatic rings. The molecule has 1 fully saturated rings. The summed E-state index contributed by atoms with van der Waals surface area (Å²) in [5.74, 6) is 0.891. The highest BCUT2D eigenvalue weighted by Gasteiger charge is 2.36. The second kappa shape index (κ2) is 6.74. The zero-order chi connectivity index (χ0) is 19.8. The Hall–Kier alpha value is -3.38. The molecule has 0 saturated carbocycles. The number of thiocarbonyl (C=S) groups is 1. The lowest BCUT2D eigenvalue weighted by atomic mass is 10.1. The van der Waals surface area contributed by atoms with E-state index in [2.05, 4.69) is 11.2 Å². The number of carbonyl (C=O) groups is 2. The van der Waals surface area contributed by atoms with Gasteiger partial charge in [0.15, 0.2) is 10.9 Å². The van der Waals surface area contributed by atoms with E-state index in [1.54, 1.807) is 0 Å². The number of furan rings is 1. The van der Waals surface area contributed by atoms with Gasteiger partial charge < -0.3 is 4.42 Å². The van der Waals surface area contributed by atoms with Crippen LogP contribution in [-0.4, -0.2) is 16.9 Å². The lowest BCUT2D eigenvalue weighted by molar-refractivity contribution is -0.137. The third-order valence-electron chi connectivity index (χ3n) is 3.59. The molecule has 1 aliphatic rings. The van der Waals surface area contributed by atoms with Crippen molar-refractivity contribution in [2.75, 3.05) is 4.90 Å². The van der Waals surface area contributed by atoms with E-state index in [1.165, 1.54) is 18.2 Å². The molecule has 5 nitrogen and oxygen atoms in total. The number of hydrogen-bond acceptors (Lipinski definition) is 4. The minimum atomic E-state index is -4.60. The number of nitrogens with zero attached hydrogens (tertiary/aromatic N) is 1. The lowest BCUT2D eigenvalue weighted by Gasteiger charge is -2.29. The van der Waals surface area contributed by atoms with Crippen molar-refractivity contribution in [3.8, 4) is 12.3 Å². The lowest BCUT2D eigenvalue weighted by Crippen LogP contribution is -2.54. The normalized spacial score (nSPS) is 16.4. The van der Waals surface area contributed by atoms with Crippen LogP contribution in [0.2, 0.25) is 0 Å². The minimum Gasteiger partial charge on any atom is -0.448 e. The quantitative estimate of drug-likeness (QED) is 0.371. The minimum absolute atomic E-state index is 0.130. The molecule has 0 radical (unpaired) electrons. The highest BCUT2D eigenvalue weighted by molar-refractivity contribution is 7.80. The average Bonchev–Trinajstić information content (AvgIpc) is 3.06. The van der Waals surface area contributed by atoms with Crippen LogP contribution in [0, 0.1) is 12.3 Å². The number of alkyl halides is 3. The zero-order valence-corrected chi connectivity index (χ0v) is 14.1. The SMILES string of the molecule is C#Cc1ccc(/C=C2\C(=O)NC(=S)N(c3cccc(C(F)(F)F)c3)C2=O)o1. The van der Waals surface area contributed by atoms with Gasteiger partial charge in [-0.15, -0.1) is 6.42 Å². The van der Waals surface area contributed by atoms with E-state index in [4.69, 9.17) is 23.1 Å². The van der Waals surface area contributed by atoms with Crippen molar-refractivity contribution < 1.29 is 27.2 Å². The van der Waals surface area contributed by atoms with Gasteiger partial charge in [0.05, 0.1) is 11.3 Å². The summed E-state index contributed by atoms with van der Waals surface area (Å²) < 4.78 is 44.1. The summed E-state index contributed by atoms with van der Waals surface area (Å²) in [5, 5.41) is 1.95. The van der Waals surface area contributed by atoms with Crippen molar-refractivity contribution in [3.63, 3.8) is 0 Å². The van der Waals surface area contributed by atoms with Crippen LogP contribution in [0.1, 0.15) is 17.1 Å². The Morgan fingerprint density at radius 3 is 2.59 bits per heavy atom. The van der Waals surface area contributed by atoms with Crippen molar-refractivity contribution in [2.24, 2.45) is 0 Å². The van der Waals surface area contributed by atoms with Crippen LogP contribution in [0.4, 0.5) is 18.9 Å². The molecule has 0 atom stereocenters. The molecule has 1 aromatic carbocycles. The number of terminal acetylenes is 1. The third kappa shape index (κ3) is 3.61. The van der Waals surface area contributed by atoms with E-state index >= 15 is 0 Å². The maximum Gasteiger partial charge on any atom is 0.416 e. The molecule has 27 heavy (non-hydrogen) atoms. The number of nitrogens with one attached hydrogen (secondary N) is 1. The first-order chi connectivity index (χ1) is 12.7. The number of amides is 2. The Morgan fingerprint density at radius 2 is 1.96 bits per heavy atom. The molecule has 2 heterocycles. The largest absolute Gasteiger partial charge is 0.448 e. The van der Waals surface area contributed by atoms with Gasteiger partial charge in [-0.25, -0.2) is 0 Å². The van der Waals surface area contributed by atoms with Gasteiger partial charge in [0.1, 0.15) is 11.3 Å². The van der Waals surface area contributed by atoms with E-state index in [-0.39, 0.29) is 27.9 Å². The smallest absolute Gasteiger partial charge is 0.416 e. The van der Waals surface area contributed by atoms with Crippen LogP contribution in [0.25, 0.3) is 6.08 Å². The first-order valence-corrected chi connectivity index (χ1v) is 7.76. The van der Waals surface area contributed by atoms with Gasteiger partial charge in [-0.1, -0.05) is 6.07 Å². The van der Waals surface area contributed by atoms with E-state index in [1.807, 2.05) is 0 Å². The Balaban J connectivity index is 2.02. The van der Waals surface area contributed by atoms with Crippen LogP contribution >= 0.6 is 12.2 Å². The Morgan fingerprint density at radius 1 is 1.22 bits per heavy atom. The molecule has 1 N–H and O–H groups in total. The molecule has 0 bridgehead atoms. The highest BCUT2D eigenvalue weighted by atomic mass is 32.1. The fraction of sp³-hybridized carbons (Fsp3) is 0.0556. The summed E-state index contributed by atoms with van der Waals surface area (Å²) in [6.45, 7) is 0. The number of anilines is 1. The van der Waals surface area contributed by atoms with Gasteiger partial charge in [0.2, 0.25) is 0 Å². The van der Waals surface area contributed by atoms with Crippen molar-refractivity contribution in [3.05, 3.63) is 59.1 Å². The number of rotatable bonds is 2. The highest BCUT2D eigenvalue weighted by Crippen LogP contribution is 2.32. The monoisotopic (exact) mass is 390 g/mol. The summed E-state index contributed by atoms with van der Waals surface area (Å²) in [6.07, 6.45) is 1.73. The van der Waals surface area contributed by atoms with Crippen LogP contribution in [-0.2, 0) is 15.8 Å². The van der Waals surface area contributed by atoms with Gasteiger partial charge in [0, 0.05) is 0 Å². The number of benzene rings is 1. The number of hydrogen-bond donors (Lipinski definition) is 1. The topological polar surface area (TPSA) is 62.6 Å². The molecule has 3 rings (SSSR count). The van der Waals surface area contributed by atoms with E-state index in [0.717, 1.165) is 29.2 Å². The summed E-state index contributed by atoms with van der Waals surface area (Å²) in [4.78, 5) is 25.7. The first kappa shape index (κ1) is 18.4. The second-order valence-electron chi connectivity index (χ2n) is 5.35. The maximum atomic E-state index is 12.9. The van der Waals surface area contributed by atoms with Crippen molar-refractivity contribution in [2.45, 2.75) is 6.18 Å². The van der Waals surface area contributed by atoms with Gasteiger partial charge in [-0.3, -0.25) is 19.8 Å². The number of carbonyl (C=O) groups excluding carboxylic acids is 2. The molecule has 136 valence electrons. The Kier molecular flexibility index (Phi) is 4.59. The fourth-order valence-corrected chi connectivity index (χ4v) is 2.64. The zero-order valence-electron chi connectivity index (χ0n) is 13.3. The predicted molar refractivity (Wildman–Crippen MR) is 94.3 cm³/mol. The van der Waals surface area contributed by atoms with Gasteiger partial charge in [-0.05, 0) is 54.5 Å². The Labute approximate surface area is 156 Å². The first-order valence-electron chi connectivity index (χ1n) is 7.36. The van der Waals surface area contributed by atoms with Crippen LogP contribution in [0.3, 0.4) is 0 Å². The predicted octanol–water partition coefficient (Wildman–Crippen LogP) is 3.11. The molecular formula is C18H9F3N2O3S. The Bertz CT molecular complexity index is 1030. The maximum absolute atomic E-state index is 12.9. The van der Waals surface area contributed by atoms with Crippen molar-refractivity contribution >= 4 is 40.9 Å². The number of halogens is 3. The molecule has 1 aliphatic heterocycles. The summed E-state index contributed by atoms with van der Waals surface area (Å²) in [7, 11) is 0. The molecule has 0 aliphatic carbocycles. The second-order valence-corrected chi connectivity index (χ2v) is 5.74. The van der Waals surface area contributed by atoms with Gasteiger partial charge in [0.25, 0.3) is 11.8 Å². The van der Waals surface area contributed by atoms with Crippen molar-refractivity contribution in [1.29, 1.82) is 0 Å². The average molecular weight is 390 g/mol. The fourth-order valence-electron chi connectivity index (χ4n) is 2.36. The molecule has 2 amide bonds. The molecular weight excluding hydrogens is 381 g/mol. The molecule has 0 unspecified atom stereocenters. The molecule has 0 spiro atoms. The van der Waals surface area contributed by atoms with Crippen LogP contribution in [0.15, 0.2) is 46.4 Å². The molecule has 1 saturated heterocycles. The van der Waals surface area contributed by atoms with E-state index < -0.39 is 23.6 Å². The van der Waals surface area contributed by atoms with E-state index in [9.17, 15) is 22.8 Å². The van der Waals surface area contributed by atoms with Crippen LogP contribution in [0.5, 0.6) is 0 Å². The van der Waals surface area contributed by atoms with Crippen LogP contribution < -0.4 is 10.2 Å². The van der Waals surface area contributed by atoms with Gasteiger partial charge >= 0.3 is 6.18 Å². The summed E-state index contributed by atoms with van der Waals surface area (Å²) in [6, 6.07) is 6.96. The standard InChI is InChI=1S/C18H9F3N2O3S/c1-2-12-6-7-13(26-12)9-14-15(24)22-17(27)23(16(14)25)11-5-3-4-10(8-11)18(19,20)21/h1,3-9H,(H,22,24,27)/b14-9+. The molecule has 9 heteroatoms.